The minimum Gasteiger partial charge on any atom is -0.468 e. The smallest absolute Gasteiger partial charge is 0.318 e. The molecule has 0 fully saturated rings. The number of thioether (sulfide) groups is 1. The van der Waals surface area contributed by atoms with Crippen molar-refractivity contribution in [1.29, 1.82) is 0 Å². The predicted molar refractivity (Wildman–Crippen MR) is 83.0 cm³/mol. The van der Waals surface area contributed by atoms with Crippen molar-refractivity contribution in [3.63, 3.8) is 0 Å². The number of nitrogens with zero attached hydrogens (tertiary/aromatic N) is 1. The van der Waals surface area contributed by atoms with E-state index in [9.17, 15) is 9.59 Å². The Kier molecular flexibility index (Phi) is 6.58. The zero-order valence-corrected chi connectivity index (χ0v) is 13.1. The average Bonchev–Trinajstić information content (AvgIpc) is 2.47. The summed E-state index contributed by atoms with van der Waals surface area (Å²) < 4.78 is 4.68. The Morgan fingerprint density at radius 3 is 2.30 bits per heavy atom. The molecule has 1 aromatic carbocycles. The summed E-state index contributed by atoms with van der Waals surface area (Å²) in [5.74, 6) is -0.308. The molecule has 2 atom stereocenters. The highest BCUT2D eigenvalue weighted by atomic mass is 32.2. The van der Waals surface area contributed by atoms with Gasteiger partial charge >= 0.3 is 5.97 Å². The number of hydrogen-bond donors (Lipinski definition) is 0. The highest BCUT2D eigenvalue weighted by Crippen LogP contribution is 2.23. The van der Waals surface area contributed by atoms with E-state index >= 15 is 0 Å². The van der Waals surface area contributed by atoms with Crippen LogP contribution in [0.15, 0.2) is 30.3 Å². The molecular formula is C15H21NO3S. The zero-order valence-electron chi connectivity index (χ0n) is 12.3. The third-order valence-electron chi connectivity index (χ3n) is 2.94. The molecule has 0 spiro atoms. The van der Waals surface area contributed by atoms with Crippen LogP contribution in [0.1, 0.15) is 20.8 Å². The number of rotatable bonds is 6. The SMILES string of the molecule is CCN(C(=O)C(C)SC(C)C(=O)OC)c1ccccc1. The molecule has 0 bridgehead atoms. The van der Waals surface area contributed by atoms with E-state index < -0.39 is 0 Å². The number of hydrogen-bond acceptors (Lipinski definition) is 4. The Labute approximate surface area is 124 Å². The van der Waals surface area contributed by atoms with Crippen LogP contribution in [-0.4, -0.2) is 36.0 Å². The average molecular weight is 295 g/mol. The molecule has 0 aliphatic heterocycles. The summed E-state index contributed by atoms with van der Waals surface area (Å²) in [4.78, 5) is 25.6. The van der Waals surface area contributed by atoms with E-state index in [1.54, 1.807) is 11.8 Å². The third-order valence-corrected chi connectivity index (χ3v) is 4.15. The first-order valence-electron chi connectivity index (χ1n) is 6.61. The van der Waals surface area contributed by atoms with Crippen molar-refractivity contribution in [3.05, 3.63) is 30.3 Å². The second-order valence-corrected chi connectivity index (χ2v) is 6.05. The number of para-hydroxylation sites is 1. The van der Waals surface area contributed by atoms with Gasteiger partial charge in [-0.3, -0.25) is 9.59 Å². The first-order chi connectivity index (χ1) is 9.51. The van der Waals surface area contributed by atoms with Crippen LogP contribution in [0.4, 0.5) is 5.69 Å². The van der Waals surface area contributed by atoms with Crippen LogP contribution >= 0.6 is 11.8 Å². The lowest BCUT2D eigenvalue weighted by molar-refractivity contribution is -0.139. The lowest BCUT2D eigenvalue weighted by Crippen LogP contribution is -2.37. The molecule has 0 aromatic heterocycles. The zero-order chi connectivity index (χ0) is 15.1. The van der Waals surface area contributed by atoms with Crippen LogP contribution in [0, 0.1) is 0 Å². The molecule has 20 heavy (non-hydrogen) atoms. The Morgan fingerprint density at radius 2 is 1.80 bits per heavy atom. The molecule has 0 aliphatic carbocycles. The summed E-state index contributed by atoms with van der Waals surface area (Å²) in [5.41, 5.74) is 0.873. The van der Waals surface area contributed by atoms with E-state index in [-0.39, 0.29) is 22.4 Å². The van der Waals surface area contributed by atoms with E-state index in [2.05, 4.69) is 4.74 Å². The largest absolute Gasteiger partial charge is 0.468 e. The van der Waals surface area contributed by atoms with Gasteiger partial charge in [-0.15, -0.1) is 11.8 Å². The van der Waals surface area contributed by atoms with Gasteiger partial charge in [0.2, 0.25) is 5.91 Å². The highest BCUT2D eigenvalue weighted by Gasteiger charge is 2.25. The first kappa shape index (κ1) is 16.6. The van der Waals surface area contributed by atoms with Gasteiger partial charge in [0.05, 0.1) is 12.4 Å². The Balaban J connectivity index is 2.74. The summed E-state index contributed by atoms with van der Waals surface area (Å²) in [7, 11) is 1.36. The molecule has 0 aliphatic rings. The maximum absolute atomic E-state index is 12.5. The van der Waals surface area contributed by atoms with Crippen LogP contribution in [-0.2, 0) is 14.3 Å². The predicted octanol–water partition coefficient (Wildman–Crippen LogP) is 2.72. The Bertz CT molecular complexity index is 450. The number of anilines is 1. The number of methoxy groups -OCH3 is 1. The molecular weight excluding hydrogens is 274 g/mol. The summed E-state index contributed by atoms with van der Waals surface area (Å²) in [6, 6.07) is 9.53. The number of amides is 1. The van der Waals surface area contributed by atoms with Gasteiger partial charge in [-0.1, -0.05) is 18.2 Å². The molecule has 1 rings (SSSR count). The number of carbonyl (C=O) groups is 2. The quantitative estimate of drug-likeness (QED) is 0.757. The summed E-state index contributed by atoms with van der Waals surface area (Å²) >= 11 is 1.31. The van der Waals surface area contributed by atoms with Gasteiger partial charge < -0.3 is 9.64 Å². The highest BCUT2D eigenvalue weighted by molar-refractivity contribution is 8.01. The van der Waals surface area contributed by atoms with Crippen molar-refractivity contribution < 1.29 is 14.3 Å². The van der Waals surface area contributed by atoms with Crippen LogP contribution < -0.4 is 4.90 Å². The Hall–Kier alpha value is -1.49. The van der Waals surface area contributed by atoms with Gasteiger partial charge in [0, 0.05) is 12.2 Å². The van der Waals surface area contributed by atoms with E-state index in [4.69, 9.17) is 0 Å². The van der Waals surface area contributed by atoms with Crippen LogP contribution in [0.2, 0.25) is 0 Å². The van der Waals surface area contributed by atoms with E-state index in [0.29, 0.717) is 6.54 Å². The maximum atomic E-state index is 12.5. The molecule has 110 valence electrons. The number of benzene rings is 1. The molecule has 5 heteroatoms. The summed E-state index contributed by atoms with van der Waals surface area (Å²) in [5, 5.41) is -0.655. The maximum Gasteiger partial charge on any atom is 0.318 e. The van der Waals surface area contributed by atoms with Crippen LogP contribution in [0.25, 0.3) is 0 Å². The molecule has 1 amide bonds. The van der Waals surface area contributed by atoms with Crippen molar-refractivity contribution in [1.82, 2.24) is 0 Å². The van der Waals surface area contributed by atoms with Crippen molar-refractivity contribution in [2.24, 2.45) is 0 Å². The Morgan fingerprint density at radius 1 is 1.20 bits per heavy atom. The standard InChI is InChI=1S/C15H21NO3S/c1-5-16(13-9-7-6-8-10-13)14(17)11(2)20-12(3)15(18)19-4/h6-12H,5H2,1-4H3. The van der Waals surface area contributed by atoms with Gasteiger partial charge in [0.15, 0.2) is 0 Å². The molecule has 0 radical (unpaired) electrons. The fourth-order valence-electron chi connectivity index (χ4n) is 1.88. The molecule has 0 saturated heterocycles. The normalized spacial score (nSPS) is 13.4. The summed E-state index contributed by atoms with van der Waals surface area (Å²) in [6.45, 7) is 6.10. The summed E-state index contributed by atoms with van der Waals surface area (Å²) in [6.07, 6.45) is 0. The van der Waals surface area contributed by atoms with Gasteiger partial charge in [0.25, 0.3) is 0 Å². The monoisotopic (exact) mass is 295 g/mol. The second kappa shape index (κ2) is 7.94. The molecule has 1 aromatic rings. The lowest BCUT2D eigenvalue weighted by atomic mass is 10.2. The topological polar surface area (TPSA) is 46.6 Å². The molecule has 0 N–H and O–H groups in total. The van der Waals surface area contributed by atoms with Crippen molar-refractivity contribution in [3.8, 4) is 0 Å². The van der Waals surface area contributed by atoms with Gasteiger partial charge in [-0.05, 0) is 32.9 Å². The number of ether oxygens (including phenoxy) is 1. The second-order valence-electron chi connectivity index (χ2n) is 4.36. The van der Waals surface area contributed by atoms with E-state index in [0.717, 1.165) is 5.69 Å². The lowest BCUT2D eigenvalue weighted by Gasteiger charge is -2.25. The fourth-order valence-corrected chi connectivity index (χ4v) is 2.94. The minimum absolute atomic E-state index is 0.000506. The molecule has 0 saturated carbocycles. The van der Waals surface area contributed by atoms with Gasteiger partial charge in [-0.25, -0.2) is 0 Å². The molecule has 2 unspecified atom stereocenters. The third kappa shape index (κ3) is 4.27. The molecule has 4 nitrogen and oxygen atoms in total. The van der Waals surface area contributed by atoms with Gasteiger partial charge in [-0.2, -0.15) is 0 Å². The molecule has 0 heterocycles. The first-order valence-corrected chi connectivity index (χ1v) is 7.55. The van der Waals surface area contributed by atoms with Crippen LogP contribution in [0.3, 0.4) is 0 Å². The van der Waals surface area contributed by atoms with E-state index in [1.165, 1.54) is 18.9 Å². The fraction of sp³-hybridized carbons (Fsp3) is 0.467. The van der Waals surface area contributed by atoms with E-state index in [1.807, 2.05) is 44.2 Å². The van der Waals surface area contributed by atoms with Crippen molar-refractivity contribution in [2.75, 3.05) is 18.6 Å². The van der Waals surface area contributed by atoms with Gasteiger partial charge in [0.1, 0.15) is 5.25 Å². The van der Waals surface area contributed by atoms with Crippen molar-refractivity contribution in [2.45, 2.75) is 31.3 Å². The number of esters is 1. The van der Waals surface area contributed by atoms with Crippen molar-refractivity contribution >= 4 is 29.3 Å². The minimum atomic E-state index is -0.353. The van der Waals surface area contributed by atoms with Crippen LogP contribution in [0.5, 0.6) is 0 Å². The number of carbonyl (C=O) groups excluding carboxylic acids is 2.